The highest BCUT2D eigenvalue weighted by Crippen LogP contribution is 2.24. The van der Waals surface area contributed by atoms with Crippen LogP contribution >= 0.6 is 0 Å². The van der Waals surface area contributed by atoms with Crippen molar-refractivity contribution < 1.29 is 4.74 Å². The first-order valence-electron chi connectivity index (χ1n) is 5.87. The third-order valence-electron chi connectivity index (χ3n) is 2.66. The lowest BCUT2D eigenvalue weighted by molar-refractivity contribution is 0.264. The Balaban J connectivity index is 2.58. The summed E-state index contributed by atoms with van der Waals surface area (Å²) in [6, 6.07) is 8.32. The van der Waals surface area contributed by atoms with Gasteiger partial charge in [0.15, 0.2) is 0 Å². The van der Waals surface area contributed by atoms with Crippen LogP contribution in [0, 0.1) is 5.92 Å². The molecule has 1 rings (SSSR count). The van der Waals surface area contributed by atoms with Gasteiger partial charge >= 0.3 is 0 Å². The third kappa shape index (κ3) is 3.86. The van der Waals surface area contributed by atoms with Crippen molar-refractivity contribution in [2.45, 2.75) is 33.1 Å². The van der Waals surface area contributed by atoms with E-state index in [0.29, 0.717) is 19.1 Å². The minimum absolute atomic E-state index is 0.198. The largest absolute Gasteiger partial charge is 0.493 e. The van der Waals surface area contributed by atoms with Gasteiger partial charge in [-0.3, -0.25) is 0 Å². The number of hydrogen-bond acceptors (Lipinski definition) is 2. The van der Waals surface area contributed by atoms with Gasteiger partial charge in [-0.05, 0) is 29.7 Å². The summed E-state index contributed by atoms with van der Waals surface area (Å²) >= 11 is 0. The molecule has 0 aliphatic heterocycles. The molecule has 0 heterocycles. The summed E-state index contributed by atoms with van der Waals surface area (Å²) in [5.74, 6) is 1.33. The molecule has 0 bridgehead atoms. The zero-order chi connectivity index (χ0) is 12.2. The molecule has 1 unspecified atom stereocenters. The summed E-state index contributed by atoms with van der Waals surface area (Å²) < 4.78 is 5.65. The van der Waals surface area contributed by atoms with Crippen LogP contribution in [0.3, 0.4) is 0 Å². The second kappa shape index (κ2) is 5.35. The summed E-state index contributed by atoms with van der Waals surface area (Å²) in [4.78, 5) is 0. The molecule has 2 N–H and O–H groups in total. The van der Waals surface area contributed by atoms with E-state index in [0.717, 1.165) is 5.75 Å². The molecular formula is C14H23NO. The van der Waals surface area contributed by atoms with Crippen molar-refractivity contribution >= 4 is 0 Å². The van der Waals surface area contributed by atoms with Gasteiger partial charge < -0.3 is 10.5 Å². The molecule has 2 heteroatoms. The number of nitrogens with two attached hydrogens (primary N) is 1. The molecule has 2 nitrogen and oxygen atoms in total. The smallest absolute Gasteiger partial charge is 0.119 e. The van der Waals surface area contributed by atoms with Crippen LogP contribution in [-0.2, 0) is 5.41 Å². The highest BCUT2D eigenvalue weighted by Gasteiger charge is 2.12. The fraction of sp³-hybridized carbons (Fsp3) is 0.571. The van der Waals surface area contributed by atoms with Crippen molar-refractivity contribution in [3.8, 4) is 5.75 Å². The molecule has 90 valence electrons. The molecule has 1 aromatic rings. The Bertz CT molecular complexity index is 311. The lowest BCUT2D eigenvalue weighted by atomic mass is 9.87. The van der Waals surface area contributed by atoms with Crippen molar-refractivity contribution in [3.63, 3.8) is 0 Å². The second-order valence-corrected chi connectivity index (χ2v) is 5.43. The normalized spacial score (nSPS) is 13.6. The average molecular weight is 221 g/mol. The van der Waals surface area contributed by atoms with E-state index in [1.165, 1.54) is 5.56 Å². The van der Waals surface area contributed by atoms with Gasteiger partial charge in [-0.25, -0.2) is 0 Å². The number of hydrogen-bond donors (Lipinski definition) is 1. The van der Waals surface area contributed by atoms with Gasteiger partial charge in [-0.15, -0.1) is 0 Å². The van der Waals surface area contributed by atoms with E-state index in [9.17, 15) is 0 Å². The van der Waals surface area contributed by atoms with E-state index in [4.69, 9.17) is 10.5 Å². The van der Waals surface area contributed by atoms with Crippen LogP contribution in [0.15, 0.2) is 24.3 Å². The highest BCUT2D eigenvalue weighted by molar-refractivity contribution is 5.31. The Hall–Kier alpha value is -1.02. The molecule has 0 saturated heterocycles. The molecule has 0 amide bonds. The van der Waals surface area contributed by atoms with Crippen molar-refractivity contribution in [2.24, 2.45) is 11.7 Å². The fourth-order valence-electron chi connectivity index (χ4n) is 1.36. The number of benzene rings is 1. The molecule has 0 spiro atoms. The van der Waals surface area contributed by atoms with Gasteiger partial charge in [-0.1, -0.05) is 39.8 Å². The molecule has 0 saturated carbocycles. The minimum Gasteiger partial charge on any atom is -0.493 e. The maximum atomic E-state index is 5.65. The molecule has 1 atom stereocenters. The zero-order valence-electron chi connectivity index (χ0n) is 10.8. The molecular weight excluding hydrogens is 198 g/mol. The summed E-state index contributed by atoms with van der Waals surface area (Å²) in [5, 5.41) is 0. The van der Waals surface area contributed by atoms with Crippen LogP contribution in [0.4, 0.5) is 0 Å². The first-order chi connectivity index (χ1) is 7.43. The van der Waals surface area contributed by atoms with E-state index in [-0.39, 0.29) is 5.41 Å². The quantitative estimate of drug-likeness (QED) is 0.848. The zero-order valence-corrected chi connectivity index (χ0v) is 10.8. The van der Waals surface area contributed by atoms with Crippen molar-refractivity contribution in [1.82, 2.24) is 0 Å². The Morgan fingerprint density at radius 3 is 2.19 bits per heavy atom. The minimum atomic E-state index is 0.198. The topological polar surface area (TPSA) is 35.2 Å². The third-order valence-corrected chi connectivity index (χ3v) is 2.66. The monoisotopic (exact) mass is 221 g/mol. The standard InChI is InChI=1S/C14H23NO/c1-11(9-15)10-16-13-7-5-12(6-8-13)14(2,3)4/h5-8,11H,9-10,15H2,1-4H3. The van der Waals surface area contributed by atoms with Gasteiger partial charge in [-0.2, -0.15) is 0 Å². The predicted molar refractivity (Wildman–Crippen MR) is 68.9 cm³/mol. The van der Waals surface area contributed by atoms with E-state index in [1.807, 2.05) is 12.1 Å². The molecule has 0 aliphatic carbocycles. The molecule has 0 aromatic heterocycles. The van der Waals surface area contributed by atoms with Crippen molar-refractivity contribution in [3.05, 3.63) is 29.8 Å². The van der Waals surface area contributed by atoms with Gasteiger partial charge in [0, 0.05) is 5.92 Å². The lowest BCUT2D eigenvalue weighted by Crippen LogP contribution is -2.18. The van der Waals surface area contributed by atoms with E-state index in [2.05, 4.69) is 39.8 Å². The highest BCUT2D eigenvalue weighted by atomic mass is 16.5. The summed E-state index contributed by atoms with van der Waals surface area (Å²) in [5.41, 5.74) is 7.06. The summed E-state index contributed by atoms with van der Waals surface area (Å²) in [6.07, 6.45) is 0. The van der Waals surface area contributed by atoms with Crippen molar-refractivity contribution in [2.75, 3.05) is 13.2 Å². The van der Waals surface area contributed by atoms with E-state index < -0.39 is 0 Å². The van der Waals surface area contributed by atoms with Gasteiger partial charge in [0.25, 0.3) is 0 Å². The van der Waals surface area contributed by atoms with E-state index >= 15 is 0 Å². The lowest BCUT2D eigenvalue weighted by Gasteiger charge is -2.19. The second-order valence-electron chi connectivity index (χ2n) is 5.43. The molecule has 0 aliphatic rings. The Morgan fingerprint density at radius 1 is 1.19 bits per heavy atom. The van der Waals surface area contributed by atoms with Crippen LogP contribution < -0.4 is 10.5 Å². The van der Waals surface area contributed by atoms with Crippen LogP contribution in [0.2, 0.25) is 0 Å². The summed E-state index contributed by atoms with van der Waals surface area (Å²) in [7, 11) is 0. The van der Waals surface area contributed by atoms with Crippen LogP contribution in [0.25, 0.3) is 0 Å². The first-order valence-corrected chi connectivity index (χ1v) is 5.87. The number of ether oxygens (including phenoxy) is 1. The Morgan fingerprint density at radius 2 is 1.75 bits per heavy atom. The van der Waals surface area contributed by atoms with Gasteiger partial charge in [0.05, 0.1) is 6.61 Å². The maximum absolute atomic E-state index is 5.65. The van der Waals surface area contributed by atoms with Gasteiger partial charge in [0.2, 0.25) is 0 Å². The predicted octanol–water partition coefficient (Wildman–Crippen LogP) is 2.96. The van der Waals surface area contributed by atoms with Crippen LogP contribution in [-0.4, -0.2) is 13.2 Å². The Labute approximate surface area is 98.8 Å². The van der Waals surface area contributed by atoms with E-state index in [1.54, 1.807) is 0 Å². The molecule has 0 radical (unpaired) electrons. The average Bonchev–Trinajstić information content (AvgIpc) is 2.25. The molecule has 1 aromatic carbocycles. The van der Waals surface area contributed by atoms with Gasteiger partial charge in [0.1, 0.15) is 5.75 Å². The Kier molecular flexibility index (Phi) is 4.36. The number of rotatable bonds is 4. The molecule has 0 fully saturated rings. The summed E-state index contributed by atoms with van der Waals surface area (Å²) in [6.45, 7) is 10.1. The van der Waals surface area contributed by atoms with Crippen LogP contribution in [0.5, 0.6) is 5.75 Å². The van der Waals surface area contributed by atoms with Crippen molar-refractivity contribution in [1.29, 1.82) is 0 Å². The SMILES string of the molecule is CC(CN)COc1ccc(C(C)(C)C)cc1. The fourth-order valence-corrected chi connectivity index (χ4v) is 1.36. The maximum Gasteiger partial charge on any atom is 0.119 e. The van der Waals surface area contributed by atoms with Crippen LogP contribution in [0.1, 0.15) is 33.3 Å². The molecule has 16 heavy (non-hydrogen) atoms. The first kappa shape index (κ1) is 13.0.